The lowest BCUT2D eigenvalue weighted by Gasteiger charge is -2.55. The zero-order chi connectivity index (χ0) is 18.4. The maximum absolute atomic E-state index is 12.4. The Morgan fingerprint density at radius 2 is 1.96 bits per heavy atom. The number of aromatic nitrogens is 2. The van der Waals surface area contributed by atoms with E-state index in [4.69, 9.17) is 4.42 Å². The van der Waals surface area contributed by atoms with E-state index in [0.29, 0.717) is 17.5 Å². The minimum Gasteiger partial charge on any atom is -0.415 e. The second kappa shape index (κ2) is 6.92. The van der Waals surface area contributed by atoms with Crippen LogP contribution in [0.4, 0.5) is 0 Å². The van der Waals surface area contributed by atoms with Crippen molar-refractivity contribution in [2.45, 2.75) is 55.7 Å². The summed E-state index contributed by atoms with van der Waals surface area (Å²) < 4.78 is 6.08. The van der Waals surface area contributed by atoms with Gasteiger partial charge in [-0.25, -0.2) is 0 Å². The molecule has 2 heterocycles. The van der Waals surface area contributed by atoms with Crippen LogP contribution in [0, 0.1) is 17.8 Å². The zero-order valence-corrected chi connectivity index (χ0v) is 17.2. The molecule has 2 aromatic heterocycles. The monoisotopic (exact) mass is 403 g/mol. The molecule has 0 N–H and O–H groups in total. The number of rotatable bonds is 6. The number of carbonyl (C=O) groups excluding carboxylic acids is 1. The van der Waals surface area contributed by atoms with Crippen LogP contribution in [0.25, 0.3) is 0 Å². The van der Waals surface area contributed by atoms with Gasteiger partial charge < -0.3 is 9.32 Å². The molecule has 0 radical (unpaired) electrons. The average molecular weight is 404 g/mol. The van der Waals surface area contributed by atoms with Gasteiger partial charge in [0, 0.05) is 19.0 Å². The fourth-order valence-corrected chi connectivity index (χ4v) is 7.20. The fourth-order valence-electron chi connectivity index (χ4n) is 5.83. The molecule has 4 aliphatic rings. The molecule has 0 aliphatic heterocycles. The lowest BCUT2D eigenvalue weighted by molar-refractivity contribution is -0.127. The quantitative estimate of drug-likeness (QED) is 0.671. The van der Waals surface area contributed by atoms with Gasteiger partial charge in [-0.1, -0.05) is 11.8 Å². The van der Waals surface area contributed by atoms with Crippen molar-refractivity contribution in [1.82, 2.24) is 15.1 Å². The van der Waals surface area contributed by atoms with E-state index in [0.717, 1.165) is 23.6 Å². The van der Waals surface area contributed by atoms with E-state index < -0.39 is 0 Å². The number of carbonyl (C=O) groups is 1. The molecule has 7 heteroatoms. The minimum atomic E-state index is 0.0840. The molecule has 6 rings (SSSR count). The summed E-state index contributed by atoms with van der Waals surface area (Å²) in [5, 5.41) is 13.3. The standard InChI is InChI=1S/C20H25N3O2S2/c1-23(10-13-2-3-26-11-13)17(24)12-27-19-22-21-18(25-19)20-7-14-4-15(8-20)6-16(5-14)9-20/h2-3,11,14-16H,4-10,12H2,1H3. The van der Waals surface area contributed by atoms with Crippen LogP contribution in [-0.2, 0) is 16.8 Å². The molecule has 0 atom stereocenters. The third kappa shape index (κ3) is 3.44. The van der Waals surface area contributed by atoms with Crippen LogP contribution in [0.15, 0.2) is 26.5 Å². The Kier molecular flexibility index (Phi) is 4.55. The van der Waals surface area contributed by atoms with Gasteiger partial charge in [-0.2, -0.15) is 11.3 Å². The first-order valence-corrected chi connectivity index (χ1v) is 11.7. The summed E-state index contributed by atoms with van der Waals surface area (Å²) >= 11 is 3.02. The SMILES string of the molecule is CN(Cc1ccsc1)C(=O)CSc1nnc(C23CC4CC(CC(C4)C2)C3)o1. The Morgan fingerprint density at radius 3 is 2.59 bits per heavy atom. The van der Waals surface area contributed by atoms with Crippen LogP contribution < -0.4 is 0 Å². The molecular formula is C20H25N3O2S2. The van der Waals surface area contributed by atoms with Crippen molar-refractivity contribution in [3.8, 4) is 0 Å². The van der Waals surface area contributed by atoms with Gasteiger partial charge in [-0.15, -0.1) is 10.2 Å². The van der Waals surface area contributed by atoms with Crippen molar-refractivity contribution in [2.75, 3.05) is 12.8 Å². The normalized spacial score (nSPS) is 31.4. The highest BCUT2D eigenvalue weighted by Crippen LogP contribution is 2.60. The second-order valence-corrected chi connectivity index (χ2v) is 10.4. The van der Waals surface area contributed by atoms with Gasteiger partial charge in [0.2, 0.25) is 11.8 Å². The summed E-state index contributed by atoms with van der Waals surface area (Å²) in [5.74, 6) is 3.82. The van der Waals surface area contributed by atoms with Crippen LogP contribution in [0.3, 0.4) is 0 Å². The molecule has 144 valence electrons. The molecule has 0 saturated heterocycles. The molecule has 4 saturated carbocycles. The van der Waals surface area contributed by atoms with Gasteiger partial charge in [0.25, 0.3) is 5.22 Å². The van der Waals surface area contributed by atoms with E-state index in [-0.39, 0.29) is 11.3 Å². The maximum atomic E-state index is 12.4. The van der Waals surface area contributed by atoms with Crippen LogP contribution in [0.1, 0.15) is 50.0 Å². The van der Waals surface area contributed by atoms with Crippen molar-refractivity contribution in [3.05, 3.63) is 28.3 Å². The topological polar surface area (TPSA) is 59.2 Å². The Hall–Kier alpha value is -1.34. The third-order valence-electron chi connectivity index (χ3n) is 6.64. The minimum absolute atomic E-state index is 0.0840. The van der Waals surface area contributed by atoms with Gasteiger partial charge in [0.1, 0.15) is 0 Å². The first kappa shape index (κ1) is 17.7. The number of amides is 1. The van der Waals surface area contributed by atoms with E-state index in [9.17, 15) is 4.79 Å². The highest BCUT2D eigenvalue weighted by atomic mass is 32.2. The van der Waals surface area contributed by atoms with Crippen molar-refractivity contribution in [3.63, 3.8) is 0 Å². The first-order chi connectivity index (χ1) is 13.1. The summed E-state index contributed by atoms with van der Waals surface area (Å²) in [6.07, 6.45) is 7.86. The lowest BCUT2D eigenvalue weighted by atomic mass is 9.49. The van der Waals surface area contributed by atoms with Gasteiger partial charge >= 0.3 is 0 Å². The van der Waals surface area contributed by atoms with Crippen molar-refractivity contribution < 1.29 is 9.21 Å². The van der Waals surface area contributed by atoms with Gasteiger partial charge in [0.15, 0.2) is 0 Å². The smallest absolute Gasteiger partial charge is 0.277 e. The number of thioether (sulfide) groups is 1. The van der Waals surface area contributed by atoms with Crippen LogP contribution in [0.5, 0.6) is 0 Å². The first-order valence-electron chi connectivity index (χ1n) is 9.81. The highest BCUT2D eigenvalue weighted by Gasteiger charge is 2.54. The predicted molar refractivity (Wildman–Crippen MR) is 106 cm³/mol. The van der Waals surface area contributed by atoms with E-state index in [1.807, 2.05) is 12.4 Å². The lowest BCUT2D eigenvalue weighted by Crippen LogP contribution is -2.48. The summed E-state index contributed by atoms with van der Waals surface area (Å²) in [6, 6.07) is 2.05. The Labute approximate surface area is 167 Å². The molecule has 0 unspecified atom stereocenters. The number of hydrogen-bond donors (Lipinski definition) is 0. The van der Waals surface area contributed by atoms with Crippen LogP contribution in [-0.4, -0.2) is 33.8 Å². The Morgan fingerprint density at radius 1 is 1.26 bits per heavy atom. The molecule has 5 nitrogen and oxygen atoms in total. The summed E-state index contributed by atoms with van der Waals surface area (Å²) in [5.41, 5.74) is 1.29. The van der Waals surface area contributed by atoms with E-state index >= 15 is 0 Å². The van der Waals surface area contributed by atoms with Gasteiger partial charge in [-0.3, -0.25) is 4.79 Å². The molecule has 4 fully saturated rings. The molecule has 0 spiro atoms. The molecule has 4 aliphatic carbocycles. The van der Waals surface area contributed by atoms with Crippen LogP contribution >= 0.6 is 23.1 Å². The Balaban J connectivity index is 1.21. The fraction of sp³-hybridized carbons (Fsp3) is 0.650. The molecule has 0 aromatic carbocycles. The molecule has 27 heavy (non-hydrogen) atoms. The number of nitrogens with zero attached hydrogens (tertiary/aromatic N) is 3. The van der Waals surface area contributed by atoms with Crippen LogP contribution in [0.2, 0.25) is 0 Å². The summed E-state index contributed by atoms with van der Waals surface area (Å²) in [4.78, 5) is 14.1. The van der Waals surface area contributed by atoms with E-state index in [1.54, 1.807) is 16.2 Å². The molecular weight excluding hydrogens is 378 g/mol. The van der Waals surface area contributed by atoms with Crippen molar-refractivity contribution in [2.24, 2.45) is 17.8 Å². The van der Waals surface area contributed by atoms with E-state index in [1.165, 1.54) is 55.9 Å². The zero-order valence-electron chi connectivity index (χ0n) is 15.6. The predicted octanol–water partition coefficient (Wildman–Crippen LogP) is 4.35. The largest absolute Gasteiger partial charge is 0.415 e. The maximum Gasteiger partial charge on any atom is 0.277 e. The van der Waals surface area contributed by atoms with Crippen molar-refractivity contribution in [1.29, 1.82) is 0 Å². The number of hydrogen-bond acceptors (Lipinski definition) is 6. The second-order valence-electron chi connectivity index (χ2n) is 8.74. The average Bonchev–Trinajstić information content (AvgIpc) is 3.30. The molecule has 4 bridgehead atoms. The van der Waals surface area contributed by atoms with Crippen molar-refractivity contribution >= 4 is 29.0 Å². The third-order valence-corrected chi connectivity index (χ3v) is 8.18. The summed E-state index contributed by atoms with van der Waals surface area (Å²) in [6.45, 7) is 0.644. The molecule has 2 aromatic rings. The number of thiophene rings is 1. The van der Waals surface area contributed by atoms with E-state index in [2.05, 4.69) is 21.6 Å². The van der Waals surface area contributed by atoms with Gasteiger partial charge in [0.05, 0.1) is 5.75 Å². The van der Waals surface area contributed by atoms with Gasteiger partial charge in [-0.05, 0) is 78.7 Å². The summed E-state index contributed by atoms with van der Waals surface area (Å²) in [7, 11) is 1.84. The molecule has 1 amide bonds. The Bertz CT molecular complexity index is 782. The highest BCUT2D eigenvalue weighted by molar-refractivity contribution is 7.99.